The molecule has 6 heteroatoms. The van der Waals surface area contributed by atoms with Crippen molar-refractivity contribution in [3.63, 3.8) is 0 Å². The number of hydrogen-bond acceptors (Lipinski definition) is 2. The Labute approximate surface area is 123 Å². The van der Waals surface area contributed by atoms with E-state index in [-0.39, 0.29) is 24.5 Å². The molecule has 0 unspecified atom stereocenters. The molecule has 1 aliphatic heterocycles. The number of halogens is 1. The van der Waals surface area contributed by atoms with Crippen molar-refractivity contribution in [3.8, 4) is 0 Å². The summed E-state index contributed by atoms with van der Waals surface area (Å²) in [6.45, 7) is 4.98. The van der Waals surface area contributed by atoms with Gasteiger partial charge in [-0.3, -0.25) is 9.69 Å². The highest BCUT2D eigenvalue weighted by atomic mass is 35.5. The molecular weight excluding hydrogens is 278 g/mol. The standard InChI is InChI=1S/C14H18ClN3O2/c1-10(2)16-13(19)9-17-6-7-18(14(17)20)12-5-3-4-11(15)8-12/h3-5,8,10H,6-7,9H2,1-2H3,(H,16,19). The average molecular weight is 296 g/mol. The number of anilines is 1. The van der Waals surface area contributed by atoms with Crippen LogP contribution in [0.15, 0.2) is 24.3 Å². The van der Waals surface area contributed by atoms with E-state index in [1.165, 1.54) is 0 Å². The summed E-state index contributed by atoms with van der Waals surface area (Å²) in [6, 6.07) is 7.06. The van der Waals surface area contributed by atoms with Gasteiger partial charge in [0.15, 0.2) is 0 Å². The van der Waals surface area contributed by atoms with Crippen LogP contribution in [0.4, 0.5) is 10.5 Å². The summed E-state index contributed by atoms with van der Waals surface area (Å²) < 4.78 is 0. The zero-order valence-electron chi connectivity index (χ0n) is 11.6. The molecule has 108 valence electrons. The molecule has 0 spiro atoms. The highest BCUT2D eigenvalue weighted by Crippen LogP contribution is 2.23. The maximum absolute atomic E-state index is 12.3. The summed E-state index contributed by atoms with van der Waals surface area (Å²) in [6.07, 6.45) is 0. The third-order valence-electron chi connectivity index (χ3n) is 3.00. The van der Waals surface area contributed by atoms with Crippen LogP contribution in [0, 0.1) is 0 Å². The minimum absolute atomic E-state index is 0.0734. The minimum atomic E-state index is -0.161. The number of rotatable bonds is 4. The van der Waals surface area contributed by atoms with Gasteiger partial charge in [-0.25, -0.2) is 4.79 Å². The van der Waals surface area contributed by atoms with Gasteiger partial charge in [0.1, 0.15) is 6.54 Å². The van der Waals surface area contributed by atoms with Gasteiger partial charge < -0.3 is 10.2 Å². The quantitative estimate of drug-likeness (QED) is 0.925. The Morgan fingerprint density at radius 3 is 2.80 bits per heavy atom. The molecule has 1 aliphatic rings. The van der Waals surface area contributed by atoms with Gasteiger partial charge in [-0.05, 0) is 32.0 Å². The number of urea groups is 1. The van der Waals surface area contributed by atoms with Crippen LogP contribution >= 0.6 is 11.6 Å². The zero-order chi connectivity index (χ0) is 14.7. The van der Waals surface area contributed by atoms with Gasteiger partial charge in [0.05, 0.1) is 0 Å². The molecule has 0 radical (unpaired) electrons. The molecule has 0 bridgehead atoms. The van der Waals surface area contributed by atoms with Gasteiger partial charge in [-0.2, -0.15) is 0 Å². The van der Waals surface area contributed by atoms with E-state index in [4.69, 9.17) is 11.6 Å². The number of nitrogens with zero attached hydrogens (tertiary/aromatic N) is 2. The van der Waals surface area contributed by atoms with Crippen molar-refractivity contribution in [2.45, 2.75) is 19.9 Å². The Kier molecular flexibility index (Phi) is 4.49. The van der Waals surface area contributed by atoms with E-state index in [0.717, 1.165) is 5.69 Å². The fourth-order valence-electron chi connectivity index (χ4n) is 2.15. The molecule has 0 aromatic heterocycles. The topological polar surface area (TPSA) is 52.7 Å². The van der Waals surface area contributed by atoms with Crippen LogP contribution in [0.3, 0.4) is 0 Å². The lowest BCUT2D eigenvalue weighted by molar-refractivity contribution is -0.122. The molecule has 1 aromatic rings. The van der Waals surface area contributed by atoms with Crippen LogP contribution in [0.2, 0.25) is 5.02 Å². The van der Waals surface area contributed by atoms with Gasteiger partial charge in [-0.15, -0.1) is 0 Å². The summed E-state index contributed by atoms with van der Waals surface area (Å²) >= 11 is 5.93. The summed E-state index contributed by atoms with van der Waals surface area (Å²) in [5, 5.41) is 3.37. The number of benzene rings is 1. The molecule has 20 heavy (non-hydrogen) atoms. The summed E-state index contributed by atoms with van der Waals surface area (Å²) in [5.41, 5.74) is 0.759. The monoisotopic (exact) mass is 295 g/mol. The SMILES string of the molecule is CC(C)NC(=O)CN1CCN(c2cccc(Cl)c2)C1=O. The van der Waals surface area contributed by atoms with Crippen LogP contribution in [0.1, 0.15) is 13.8 Å². The number of hydrogen-bond donors (Lipinski definition) is 1. The van der Waals surface area contributed by atoms with Crippen molar-refractivity contribution in [2.24, 2.45) is 0 Å². The lowest BCUT2D eigenvalue weighted by Gasteiger charge is -2.19. The van der Waals surface area contributed by atoms with Gasteiger partial charge in [0, 0.05) is 29.8 Å². The van der Waals surface area contributed by atoms with E-state index in [2.05, 4.69) is 5.32 Å². The summed E-state index contributed by atoms with van der Waals surface area (Å²) in [4.78, 5) is 27.1. The Balaban J connectivity index is 2.01. The van der Waals surface area contributed by atoms with Gasteiger partial charge >= 0.3 is 6.03 Å². The molecule has 5 nitrogen and oxygen atoms in total. The Morgan fingerprint density at radius 2 is 2.15 bits per heavy atom. The first kappa shape index (κ1) is 14.7. The van der Waals surface area contributed by atoms with Crippen LogP contribution < -0.4 is 10.2 Å². The zero-order valence-corrected chi connectivity index (χ0v) is 12.4. The Bertz CT molecular complexity index is 519. The predicted molar refractivity (Wildman–Crippen MR) is 79.0 cm³/mol. The van der Waals surface area contributed by atoms with Crippen molar-refractivity contribution in [1.82, 2.24) is 10.2 Å². The summed E-state index contributed by atoms with van der Waals surface area (Å²) in [7, 11) is 0. The molecule has 1 aromatic carbocycles. The molecule has 0 atom stereocenters. The maximum atomic E-state index is 12.3. The van der Waals surface area contributed by atoms with Crippen LogP contribution in [0.25, 0.3) is 0 Å². The van der Waals surface area contributed by atoms with Crippen molar-refractivity contribution < 1.29 is 9.59 Å². The Morgan fingerprint density at radius 1 is 1.40 bits per heavy atom. The maximum Gasteiger partial charge on any atom is 0.325 e. The summed E-state index contributed by atoms with van der Waals surface area (Å²) in [5.74, 6) is -0.138. The van der Waals surface area contributed by atoms with Gasteiger partial charge in [0.25, 0.3) is 0 Å². The molecule has 1 heterocycles. The molecule has 0 aliphatic carbocycles. The molecule has 1 fully saturated rings. The molecule has 1 saturated heterocycles. The lowest BCUT2D eigenvalue weighted by atomic mass is 10.3. The van der Waals surface area contributed by atoms with E-state index in [9.17, 15) is 9.59 Å². The number of carbonyl (C=O) groups is 2. The fourth-order valence-corrected chi connectivity index (χ4v) is 2.34. The second kappa shape index (κ2) is 6.13. The largest absolute Gasteiger partial charge is 0.352 e. The molecule has 0 saturated carbocycles. The first-order valence-corrected chi connectivity index (χ1v) is 6.96. The number of amides is 3. The average Bonchev–Trinajstić information content (AvgIpc) is 2.70. The first-order chi connectivity index (χ1) is 9.47. The van der Waals surface area contributed by atoms with Crippen molar-refractivity contribution in [1.29, 1.82) is 0 Å². The smallest absolute Gasteiger partial charge is 0.325 e. The van der Waals surface area contributed by atoms with Gasteiger partial charge in [-0.1, -0.05) is 17.7 Å². The highest BCUT2D eigenvalue weighted by Gasteiger charge is 2.30. The second-order valence-electron chi connectivity index (χ2n) is 5.06. The number of carbonyl (C=O) groups excluding carboxylic acids is 2. The van der Waals surface area contributed by atoms with E-state index < -0.39 is 0 Å². The third-order valence-corrected chi connectivity index (χ3v) is 3.23. The molecule has 2 rings (SSSR count). The van der Waals surface area contributed by atoms with Crippen LogP contribution in [0.5, 0.6) is 0 Å². The van der Waals surface area contributed by atoms with Gasteiger partial charge in [0.2, 0.25) is 5.91 Å². The first-order valence-electron chi connectivity index (χ1n) is 6.59. The third kappa shape index (κ3) is 3.42. The Hall–Kier alpha value is -1.75. The van der Waals surface area contributed by atoms with Crippen molar-refractivity contribution >= 4 is 29.2 Å². The van der Waals surface area contributed by atoms with Crippen molar-refractivity contribution in [2.75, 3.05) is 24.5 Å². The van der Waals surface area contributed by atoms with Crippen molar-refractivity contribution in [3.05, 3.63) is 29.3 Å². The number of nitrogens with one attached hydrogen (secondary N) is 1. The highest BCUT2D eigenvalue weighted by molar-refractivity contribution is 6.30. The lowest BCUT2D eigenvalue weighted by Crippen LogP contribution is -2.42. The fraction of sp³-hybridized carbons (Fsp3) is 0.429. The van der Waals surface area contributed by atoms with E-state index in [1.807, 2.05) is 19.9 Å². The molecular formula is C14H18ClN3O2. The molecule has 1 N–H and O–H groups in total. The molecule has 3 amide bonds. The normalized spacial score (nSPS) is 15.1. The van der Waals surface area contributed by atoms with E-state index in [1.54, 1.807) is 28.0 Å². The minimum Gasteiger partial charge on any atom is -0.352 e. The van der Waals surface area contributed by atoms with Crippen LogP contribution in [-0.4, -0.2) is 42.5 Å². The van der Waals surface area contributed by atoms with E-state index in [0.29, 0.717) is 18.1 Å². The van der Waals surface area contributed by atoms with E-state index >= 15 is 0 Å². The predicted octanol–water partition coefficient (Wildman–Crippen LogP) is 2.11. The second-order valence-corrected chi connectivity index (χ2v) is 5.49. The van der Waals surface area contributed by atoms with Crippen LogP contribution in [-0.2, 0) is 4.79 Å².